The Balaban J connectivity index is 1.81. The van der Waals surface area contributed by atoms with E-state index in [-0.39, 0.29) is 0 Å². The number of para-hydroxylation sites is 1. The summed E-state index contributed by atoms with van der Waals surface area (Å²) in [6, 6.07) is 18.6. The second-order valence-corrected chi connectivity index (χ2v) is 5.14. The van der Waals surface area contributed by atoms with E-state index >= 15 is 0 Å². The molecule has 0 aliphatic carbocycles. The molecule has 0 saturated carbocycles. The summed E-state index contributed by atoms with van der Waals surface area (Å²) in [5, 5.41) is 13.5. The third-order valence-electron chi connectivity index (χ3n) is 3.51. The molecule has 0 radical (unpaired) electrons. The van der Waals surface area contributed by atoms with Gasteiger partial charge < -0.3 is 10.4 Å². The van der Waals surface area contributed by atoms with Crippen LogP contribution in [0.25, 0.3) is 10.9 Å². The third kappa shape index (κ3) is 3.23. The van der Waals surface area contributed by atoms with Gasteiger partial charge in [0.15, 0.2) is 0 Å². The normalized spacial score (nSPS) is 12.0. The SMILES string of the molecule is O=C(O)C(Cc1ccccc1)Nc1cnc2ccccc2c1. The summed E-state index contributed by atoms with van der Waals surface area (Å²) in [4.78, 5) is 15.8. The summed E-state index contributed by atoms with van der Waals surface area (Å²) in [6.07, 6.45) is 2.09. The highest BCUT2D eigenvalue weighted by atomic mass is 16.4. The molecule has 0 amide bonds. The van der Waals surface area contributed by atoms with Gasteiger partial charge in [-0.3, -0.25) is 4.98 Å². The summed E-state index contributed by atoms with van der Waals surface area (Å²) in [5.74, 6) is -0.878. The highest BCUT2D eigenvalue weighted by molar-refractivity contribution is 5.83. The van der Waals surface area contributed by atoms with Crippen LogP contribution in [0.5, 0.6) is 0 Å². The topological polar surface area (TPSA) is 62.2 Å². The van der Waals surface area contributed by atoms with Gasteiger partial charge in [-0.15, -0.1) is 0 Å². The molecule has 22 heavy (non-hydrogen) atoms. The van der Waals surface area contributed by atoms with E-state index in [2.05, 4.69) is 10.3 Å². The van der Waals surface area contributed by atoms with Crippen LogP contribution in [0.1, 0.15) is 5.56 Å². The first-order chi connectivity index (χ1) is 10.7. The number of fused-ring (bicyclic) bond motifs is 1. The maximum atomic E-state index is 11.5. The van der Waals surface area contributed by atoms with E-state index in [0.29, 0.717) is 12.1 Å². The summed E-state index contributed by atoms with van der Waals surface area (Å²) < 4.78 is 0. The lowest BCUT2D eigenvalue weighted by Gasteiger charge is -2.16. The van der Waals surface area contributed by atoms with E-state index in [1.54, 1.807) is 6.20 Å². The molecule has 1 aromatic heterocycles. The van der Waals surface area contributed by atoms with Crippen LogP contribution in [-0.4, -0.2) is 22.1 Å². The highest BCUT2D eigenvalue weighted by Gasteiger charge is 2.17. The van der Waals surface area contributed by atoms with Crippen molar-refractivity contribution in [2.45, 2.75) is 12.5 Å². The average Bonchev–Trinajstić information content (AvgIpc) is 2.55. The molecule has 3 aromatic rings. The Hall–Kier alpha value is -2.88. The van der Waals surface area contributed by atoms with Crippen molar-refractivity contribution in [1.29, 1.82) is 0 Å². The molecular formula is C18H16N2O2. The first kappa shape index (κ1) is 14.1. The van der Waals surface area contributed by atoms with Gasteiger partial charge in [0.25, 0.3) is 0 Å². The number of rotatable bonds is 5. The van der Waals surface area contributed by atoms with Crippen LogP contribution in [0, 0.1) is 0 Å². The minimum atomic E-state index is -0.878. The van der Waals surface area contributed by atoms with Crippen molar-refractivity contribution in [1.82, 2.24) is 4.98 Å². The molecule has 1 heterocycles. The predicted molar refractivity (Wildman–Crippen MR) is 86.9 cm³/mol. The van der Waals surface area contributed by atoms with Crippen molar-refractivity contribution in [2.75, 3.05) is 5.32 Å². The number of carbonyl (C=O) groups is 1. The Morgan fingerprint density at radius 1 is 1.09 bits per heavy atom. The molecule has 0 spiro atoms. The van der Waals surface area contributed by atoms with E-state index in [0.717, 1.165) is 16.5 Å². The zero-order chi connectivity index (χ0) is 15.4. The van der Waals surface area contributed by atoms with E-state index in [1.807, 2.05) is 60.7 Å². The van der Waals surface area contributed by atoms with E-state index in [4.69, 9.17) is 0 Å². The van der Waals surface area contributed by atoms with E-state index in [9.17, 15) is 9.90 Å². The number of carboxylic acids is 1. The number of carboxylic acid groups (broad SMARTS) is 1. The molecule has 1 atom stereocenters. The molecule has 1 unspecified atom stereocenters. The zero-order valence-corrected chi connectivity index (χ0v) is 11.9. The molecule has 4 heteroatoms. The predicted octanol–water partition coefficient (Wildman–Crippen LogP) is 3.34. The third-order valence-corrected chi connectivity index (χ3v) is 3.51. The van der Waals surface area contributed by atoms with Gasteiger partial charge in [-0.25, -0.2) is 4.79 Å². The molecule has 4 nitrogen and oxygen atoms in total. The van der Waals surface area contributed by atoms with Crippen LogP contribution in [-0.2, 0) is 11.2 Å². The van der Waals surface area contributed by atoms with E-state index in [1.165, 1.54) is 0 Å². The number of anilines is 1. The maximum Gasteiger partial charge on any atom is 0.326 e. The molecule has 2 aromatic carbocycles. The van der Waals surface area contributed by atoms with Crippen LogP contribution in [0.4, 0.5) is 5.69 Å². The Morgan fingerprint density at radius 2 is 1.82 bits per heavy atom. The monoisotopic (exact) mass is 292 g/mol. The molecule has 0 bridgehead atoms. The molecule has 0 fully saturated rings. The second-order valence-electron chi connectivity index (χ2n) is 5.14. The number of pyridine rings is 1. The summed E-state index contributed by atoms with van der Waals surface area (Å²) in [6.45, 7) is 0. The Morgan fingerprint density at radius 3 is 2.59 bits per heavy atom. The minimum absolute atomic E-state index is 0.420. The van der Waals surface area contributed by atoms with Gasteiger partial charge in [0.2, 0.25) is 0 Å². The number of aliphatic carboxylic acids is 1. The number of nitrogens with zero attached hydrogens (tertiary/aromatic N) is 1. The van der Waals surface area contributed by atoms with Crippen LogP contribution >= 0.6 is 0 Å². The van der Waals surface area contributed by atoms with Crippen LogP contribution in [0.15, 0.2) is 66.9 Å². The van der Waals surface area contributed by atoms with Gasteiger partial charge in [0.1, 0.15) is 6.04 Å². The quantitative estimate of drug-likeness (QED) is 0.757. The second kappa shape index (κ2) is 6.26. The fourth-order valence-electron chi connectivity index (χ4n) is 2.40. The number of hydrogen-bond acceptors (Lipinski definition) is 3. The fourth-order valence-corrected chi connectivity index (χ4v) is 2.40. The van der Waals surface area contributed by atoms with Crippen LogP contribution in [0.3, 0.4) is 0 Å². The average molecular weight is 292 g/mol. The maximum absolute atomic E-state index is 11.5. The van der Waals surface area contributed by atoms with Gasteiger partial charge >= 0.3 is 5.97 Å². The molecule has 0 saturated heterocycles. The molecule has 0 aliphatic rings. The highest BCUT2D eigenvalue weighted by Crippen LogP contribution is 2.17. The lowest BCUT2D eigenvalue weighted by atomic mass is 10.1. The van der Waals surface area contributed by atoms with Crippen molar-refractivity contribution >= 4 is 22.6 Å². The van der Waals surface area contributed by atoms with Gasteiger partial charge in [-0.1, -0.05) is 48.5 Å². The van der Waals surface area contributed by atoms with Crippen LogP contribution in [0.2, 0.25) is 0 Å². The number of nitrogens with one attached hydrogen (secondary N) is 1. The standard InChI is InChI=1S/C18H16N2O2/c21-18(22)17(10-13-6-2-1-3-7-13)20-15-11-14-8-4-5-9-16(14)19-12-15/h1-9,11-12,17,20H,10H2,(H,21,22). The van der Waals surface area contributed by atoms with Gasteiger partial charge in [-0.2, -0.15) is 0 Å². The number of benzene rings is 2. The Labute approximate surface area is 128 Å². The first-order valence-electron chi connectivity index (χ1n) is 7.10. The van der Waals surface area contributed by atoms with Crippen molar-refractivity contribution in [3.8, 4) is 0 Å². The number of hydrogen-bond donors (Lipinski definition) is 2. The molecule has 2 N–H and O–H groups in total. The van der Waals surface area contributed by atoms with Gasteiger partial charge in [0.05, 0.1) is 17.4 Å². The molecule has 3 rings (SSSR count). The lowest BCUT2D eigenvalue weighted by molar-refractivity contribution is -0.137. The molecule has 110 valence electrons. The number of aromatic nitrogens is 1. The van der Waals surface area contributed by atoms with Crippen molar-refractivity contribution in [2.24, 2.45) is 0 Å². The zero-order valence-electron chi connectivity index (χ0n) is 11.9. The summed E-state index contributed by atoms with van der Waals surface area (Å²) in [5.41, 5.74) is 2.58. The molecule has 0 aliphatic heterocycles. The van der Waals surface area contributed by atoms with Crippen LogP contribution < -0.4 is 5.32 Å². The molecular weight excluding hydrogens is 276 g/mol. The van der Waals surface area contributed by atoms with E-state index < -0.39 is 12.0 Å². The largest absolute Gasteiger partial charge is 0.480 e. The van der Waals surface area contributed by atoms with Crippen molar-refractivity contribution < 1.29 is 9.90 Å². The summed E-state index contributed by atoms with van der Waals surface area (Å²) >= 11 is 0. The Kier molecular flexibility index (Phi) is 4.01. The van der Waals surface area contributed by atoms with Gasteiger partial charge in [-0.05, 0) is 17.7 Å². The summed E-state index contributed by atoms with van der Waals surface area (Å²) in [7, 11) is 0. The first-order valence-corrected chi connectivity index (χ1v) is 7.10. The fraction of sp³-hybridized carbons (Fsp3) is 0.111. The van der Waals surface area contributed by atoms with Crippen molar-refractivity contribution in [3.05, 3.63) is 72.4 Å². The Bertz CT molecular complexity index is 787. The van der Waals surface area contributed by atoms with Gasteiger partial charge in [0, 0.05) is 11.8 Å². The van der Waals surface area contributed by atoms with Crippen molar-refractivity contribution in [3.63, 3.8) is 0 Å². The lowest BCUT2D eigenvalue weighted by Crippen LogP contribution is -2.31. The smallest absolute Gasteiger partial charge is 0.326 e. The minimum Gasteiger partial charge on any atom is -0.480 e.